The van der Waals surface area contributed by atoms with Crippen LogP contribution in [0.4, 0.5) is 5.69 Å². The summed E-state index contributed by atoms with van der Waals surface area (Å²) in [6, 6.07) is 21.0. The van der Waals surface area contributed by atoms with Gasteiger partial charge in [0, 0.05) is 55.0 Å². The molecule has 9 heteroatoms. The molecule has 0 saturated carbocycles. The molecule has 1 aromatic heterocycles. The van der Waals surface area contributed by atoms with Crippen LogP contribution in [0.2, 0.25) is 0 Å². The molecular weight excluding hydrogens is 510 g/mol. The molecule has 0 radical (unpaired) electrons. The number of anilines is 1. The number of ether oxygens (including phenoxy) is 2. The van der Waals surface area contributed by atoms with Gasteiger partial charge in [-0.15, -0.1) is 0 Å². The van der Waals surface area contributed by atoms with Crippen LogP contribution in [-0.2, 0) is 32.1 Å². The van der Waals surface area contributed by atoms with E-state index in [1.807, 2.05) is 60.8 Å². The molecule has 1 fully saturated rings. The second kappa shape index (κ2) is 14.1. The first-order valence-corrected chi connectivity index (χ1v) is 13.5. The van der Waals surface area contributed by atoms with Crippen LogP contribution in [-0.4, -0.2) is 58.2 Å². The largest absolute Gasteiger partial charge is 0.481 e. The number of aliphatic hydroxyl groups excluding tert-OH is 1. The normalized spacial score (nSPS) is 20.8. The van der Waals surface area contributed by atoms with Crippen molar-refractivity contribution < 1.29 is 29.3 Å². The van der Waals surface area contributed by atoms with Gasteiger partial charge < -0.3 is 29.9 Å². The van der Waals surface area contributed by atoms with Crippen molar-refractivity contribution in [1.29, 1.82) is 0 Å². The molecular formula is C31H37N3O6. The Morgan fingerprint density at radius 3 is 2.35 bits per heavy atom. The van der Waals surface area contributed by atoms with Crippen LogP contribution in [0.25, 0.3) is 0 Å². The molecule has 1 aliphatic rings. The summed E-state index contributed by atoms with van der Waals surface area (Å²) >= 11 is 0. The van der Waals surface area contributed by atoms with Crippen LogP contribution in [0.5, 0.6) is 0 Å². The predicted octanol–water partition coefficient (Wildman–Crippen LogP) is 4.34. The van der Waals surface area contributed by atoms with Crippen molar-refractivity contribution in [2.45, 2.75) is 51.3 Å². The van der Waals surface area contributed by atoms with Crippen molar-refractivity contribution in [3.63, 3.8) is 0 Å². The number of aliphatic hydroxyl groups is 1. The van der Waals surface area contributed by atoms with Crippen LogP contribution in [0.1, 0.15) is 54.5 Å². The molecule has 1 aliphatic heterocycles. The highest BCUT2D eigenvalue weighted by atomic mass is 16.7. The molecule has 0 aliphatic carbocycles. The highest BCUT2D eigenvalue weighted by Gasteiger charge is 2.38. The van der Waals surface area contributed by atoms with Crippen molar-refractivity contribution in [3.8, 4) is 0 Å². The average Bonchev–Trinajstić information content (AvgIpc) is 2.97. The van der Waals surface area contributed by atoms with Crippen LogP contribution in [0.15, 0.2) is 72.9 Å². The fourth-order valence-corrected chi connectivity index (χ4v) is 4.75. The molecule has 0 unspecified atom stereocenters. The molecule has 212 valence electrons. The van der Waals surface area contributed by atoms with Crippen LogP contribution < -0.4 is 5.32 Å². The van der Waals surface area contributed by atoms with Crippen molar-refractivity contribution in [2.24, 2.45) is 5.92 Å². The van der Waals surface area contributed by atoms with Crippen LogP contribution in [0, 0.1) is 5.92 Å². The first-order chi connectivity index (χ1) is 19.3. The summed E-state index contributed by atoms with van der Waals surface area (Å²) in [7, 11) is 2.08. The molecule has 0 spiro atoms. The number of hydrogen-bond acceptors (Lipinski definition) is 7. The minimum atomic E-state index is -1.01. The maximum absolute atomic E-state index is 12.0. The number of aliphatic carboxylic acids is 1. The van der Waals surface area contributed by atoms with Gasteiger partial charge in [0.15, 0.2) is 6.29 Å². The third-order valence-electron chi connectivity index (χ3n) is 7.12. The van der Waals surface area contributed by atoms with E-state index in [9.17, 15) is 14.7 Å². The van der Waals surface area contributed by atoms with Gasteiger partial charge in [-0.05, 0) is 42.4 Å². The molecule has 2 aromatic carbocycles. The van der Waals surface area contributed by atoms with Gasteiger partial charge in [-0.2, -0.15) is 0 Å². The molecule has 4 atom stereocenters. The monoisotopic (exact) mass is 547 g/mol. The number of pyridine rings is 1. The Balaban J connectivity index is 1.48. The Kier molecular flexibility index (Phi) is 10.4. The summed E-state index contributed by atoms with van der Waals surface area (Å²) in [5.74, 6) is -1.31. The van der Waals surface area contributed by atoms with E-state index >= 15 is 0 Å². The SMILES string of the molecule is C[C@H]1[C@@H](CN(C)CCc2ccccn2)O[C@@H](c2ccc(NC(=O)CCC(=O)O)cc2)O[C@H]1c1ccc(CO)cc1. The first-order valence-electron chi connectivity index (χ1n) is 13.5. The van der Waals surface area contributed by atoms with E-state index in [-0.39, 0.29) is 43.5 Å². The Labute approximate surface area is 234 Å². The summed E-state index contributed by atoms with van der Waals surface area (Å²) in [6.45, 7) is 3.65. The summed E-state index contributed by atoms with van der Waals surface area (Å²) < 4.78 is 13.0. The van der Waals surface area contributed by atoms with E-state index in [0.29, 0.717) is 12.2 Å². The Morgan fingerprint density at radius 2 is 1.70 bits per heavy atom. The van der Waals surface area contributed by atoms with Crippen molar-refractivity contribution in [2.75, 3.05) is 25.5 Å². The minimum absolute atomic E-state index is 0.0179. The Hall–Kier alpha value is -3.63. The molecule has 4 rings (SSSR count). The smallest absolute Gasteiger partial charge is 0.303 e. The highest BCUT2D eigenvalue weighted by Crippen LogP contribution is 2.42. The molecule has 3 N–H and O–H groups in total. The van der Waals surface area contributed by atoms with Crippen LogP contribution in [0.3, 0.4) is 0 Å². The van der Waals surface area contributed by atoms with E-state index in [4.69, 9.17) is 14.6 Å². The number of carboxylic acid groups (broad SMARTS) is 1. The molecule has 1 saturated heterocycles. The summed E-state index contributed by atoms with van der Waals surface area (Å²) in [6.07, 6.45) is 1.37. The zero-order chi connectivity index (χ0) is 28.5. The zero-order valence-corrected chi connectivity index (χ0v) is 22.9. The number of carboxylic acids is 1. The van der Waals surface area contributed by atoms with E-state index in [1.54, 1.807) is 12.1 Å². The number of hydrogen-bond donors (Lipinski definition) is 3. The second-order valence-corrected chi connectivity index (χ2v) is 10.2. The zero-order valence-electron chi connectivity index (χ0n) is 22.9. The summed E-state index contributed by atoms with van der Waals surface area (Å²) in [5, 5.41) is 21.0. The molecule has 0 bridgehead atoms. The lowest BCUT2D eigenvalue weighted by Gasteiger charge is -2.42. The van der Waals surface area contributed by atoms with Gasteiger partial charge in [-0.25, -0.2) is 0 Å². The van der Waals surface area contributed by atoms with Crippen LogP contribution >= 0.6 is 0 Å². The quantitative estimate of drug-likeness (QED) is 0.306. The third-order valence-corrected chi connectivity index (χ3v) is 7.12. The number of rotatable bonds is 12. The maximum Gasteiger partial charge on any atom is 0.303 e. The van der Waals surface area contributed by atoms with Gasteiger partial charge in [-0.3, -0.25) is 14.6 Å². The average molecular weight is 548 g/mol. The number of nitrogens with zero attached hydrogens (tertiary/aromatic N) is 2. The van der Waals surface area contributed by atoms with E-state index < -0.39 is 12.3 Å². The molecule has 40 heavy (non-hydrogen) atoms. The number of benzene rings is 2. The summed E-state index contributed by atoms with van der Waals surface area (Å²) in [4.78, 5) is 29.4. The number of amides is 1. The fourth-order valence-electron chi connectivity index (χ4n) is 4.75. The molecule has 1 amide bonds. The van der Waals surface area contributed by atoms with Gasteiger partial charge in [0.05, 0.1) is 25.2 Å². The third kappa shape index (κ3) is 8.19. The lowest BCUT2D eigenvalue weighted by atomic mass is 9.90. The van der Waals surface area contributed by atoms with E-state index in [1.165, 1.54) is 0 Å². The van der Waals surface area contributed by atoms with Gasteiger partial charge in [0.25, 0.3) is 0 Å². The lowest BCUT2D eigenvalue weighted by Crippen LogP contribution is -2.43. The number of nitrogens with one attached hydrogen (secondary N) is 1. The minimum Gasteiger partial charge on any atom is -0.481 e. The second-order valence-electron chi connectivity index (χ2n) is 10.2. The fraction of sp³-hybridized carbons (Fsp3) is 0.387. The standard InChI is InChI=1S/C31H37N3O6/c1-21-27(19-34(2)18-16-25-5-3-4-17-32-25)39-31(40-30(21)23-8-6-22(20-35)7-9-23)24-10-12-26(13-11-24)33-28(36)14-15-29(37)38/h3-13,17,21,27,30-31,35H,14-16,18-20H2,1-2H3,(H,33,36)(H,37,38)/t21-,27+,30+,31+/m0/s1. The Bertz CT molecular complexity index is 1240. The first kappa shape index (κ1) is 29.4. The van der Waals surface area contributed by atoms with Crippen molar-refractivity contribution in [1.82, 2.24) is 9.88 Å². The summed E-state index contributed by atoms with van der Waals surface area (Å²) in [5.41, 5.74) is 4.29. The molecule has 9 nitrogen and oxygen atoms in total. The van der Waals surface area contributed by atoms with E-state index in [2.05, 4.69) is 29.2 Å². The molecule has 2 heterocycles. The predicted molar refractivity (Wildman–Crippen MR) is 150 cm³/mol. The number of carbonyl (C=O) groups is 2. The number of aromatic nitrogens is 1. The highest BCUT2D eigenvalue weighted by molar-refractivity contribution is 5.92. The van der Waals surface area contributed by atoms with Gasteiger partial charge in [-0.1, -0.05) is 49.4 Å². The topological polar surface area (TPSA) is 121 Å². The van der Waals surface area contributed by atoms with Gasteiger partial charge >= 0.3 is 5.97 Å². The van der Waals surface area contributed by atoms with Gasteiger partial charge in [0.1, 0.15) is 0 Å². The Morgan fingerprint density at radius 1 is 0.975 bits per heavy atom. The number of carbonyl (C=O) groups excluding carboxylic acids is 1. The molecule has 3 aromatic rings. The van der Waals surface area contributed by atoms with E-state index in [0.717, 1.165) is 35.3 Å². The number of likely N-dealkylation sites (N-methyl/N-ethyl adjacent to an activating group) is 1. The maximum atomic E-state index is 12.0. The van der Waals surface area contributed by atoms with Crippen molar-refractivity contribution >= 4 is 17.6 Å². The lowest BCUT2D eigenvalue weighted by molar-refractivity contribution is -0.275. The van der Waals surface area contributed by atoms with Gasteiger partial charge in [0.2, 0.25) is 5.91 Å². The van der Waals surface area contributed by atoms with Crippen molar-refractivity contribution in [3.05, 3.63) is 95.3 Å².